The number of nitrogen functional groups attached to an aromatic ring is 1. The van der Waals surface area contributed by atoms with E-state index in [0.29, 0.717) is 17.1 Å². The van der Waals surface area contributed by atoms with Crippen molar-refractivity contribution < 1.29 is 8.42 Å². The number of sulfone groups is 1. The van der Waals surface area contributed by atoms with Crippen LogP contribution < -0.4 is 5.73 Å². The van der Waals surface area contributed by atoms with Gasteiger partial charge < -0.3 is 5.73 Å². The summed E-state index contributed by atoms with van der Waals surface area (Å²) >= 11 is 3.36. The van der Waals surface area contributed by atoms with Gasteiger partial charge in [-0.2, -0.15) is 5.10 Å². The summed E-state index contributed by atoms with van der Waals surface area (Å²) in [7, 11) is -3.22. The van der Waals surface area contributed by atoms with Gasteiger partial charge in [-0.15, -0.1) is 0 Å². The zero-order valence-corrected chi connectivity index (χ0v) is 12.9. The molecule has 1 atom stereocenters. The van der Waals surface area contributed by atoms with Crippen molar-refractivity contribution in [3.05, 3.63) is 34.4 Å². The largest absolute Gasteiger partial charge is 0.382 e. The van der Waals surface area contributed by atoms with Crippen LogP contribution in [0.25, 0.3) is 11.1 Å². The molecule has 0 amide bonds. The predicted octanol–water partition coefficient (Wildman–Crippen LogP) is 2.53. The molecule has 5 nitrogen and oxygen atoms in total. The van der Waals surface area contributed by atoms with Gasteiger partial charge in [0.25, 0.3) is 0 Å². The third-order valence-electron chi connectivity index (χ3n) is 3.00. The van der Waals surface area contributed by atoms with Crippen molar-refractivity contribution in [2.75, 3.05) is 12.0 Å². The van der Waals surface area contributed by atoms with E-state index in [9.17, 15) is 8.42 Å². The summed E-state index contributed by atoms with van der Waals surface area (Å²) in [6.07, 6.45) is 1.19. The number of aromatic amines is 1. The van der Waals surface area contributed by atoms with Gasteiger partial charge in [-0.25, -0.2) is 8.42 Å². The molecule has 1 aromatic carbocycles. The van der Waals surface area contributed by atoms with Gasteiger partial charge in [-0.3, -0.25) is 5.10 Å². The number of halogens is 1. The summed E-state index contributed by atoms with van der Waals surface area (Å²) in [5, 5.41) is 5.97. The van der Waals surface area contributed by atoms with Crippen LogP contribution in [0.2, 0.25) is 0 Å². The van der Waals surface area contributed by atoms with E-state index in [1.165, 1.54) is 6.26 Å². The van der Waals surface area contributed by atoms with E-state index in [0.717, 1.165) is 10.0 Å². The Balaban J connectivity index is 2.58. The van der Waals surface area contributed by atoms with Gasteiger partial charge in [-0.1, -0.05) is 28.1 Å². The first-order valence-corrected chi connectivity index (χ1v) is 8.34. The molecule has 0 aliphatic rings. The molecule has 0 aliphatic carbocycles. The van der Waals surface area contributed by atoms with Gasteiger partial charge in [0.15, 0.2) is 15.7 Å². The number of rotatable bonds is 3. The van der Waals surface area contributed by atoms with Gasteiger partial charge in [0.1, 0.15) is 5.25 Å². The summed E-state index contributed by atoms with van der Waals surface area (Å²) in [5.41, 5.74) is 7.84. The Morgan fingerprint density at radius 1 is 1.32 bits per heavy atom. The summed E-state index contributed by atoms with van der Waals surface area (Å²) < 4.78 is 24.3. The molecule has 0 spiro atoms. The molecule has 1 unspecified atom stereocenters. The van der Waals surface area contributed by atoms with E-state index in [4.69, 9.17) is 5.73 Å². The van der Waals surface area contributed by atoms with E-state index < -0.39 is 15.1 Å². The molecule has 19 heavy (non-hydrogen) atoms. The Hall–Kier alpha value is -1.34. The Morgan fingerprint density at radius 3 is 2.42 bits per heavy atom. The van der Waals surface area contributed by atoms with E-state index in [2.05, 4.69) is 26.1 Å². The number of hydrogen-bond acceptors (Lipinski definition) is 4. The number of aromatic nitrogens is 2. The Kier molecular flexibility index (Phi) is 3.69. The molecule has 0 bridgehead atoms. The Morgan fingerprint density at radius 2 is 1.89 bits per heavy atom. The molecule has 2 aromatic rings. The monoisotopic (exact) mass is 343 g/mol. The minimum atomic E-state index is -3.22. The summed E-state index contributed by atoms with van der Waals surface area (Å²) in [5.74, 6) is 0.299. The smallest absolute Gasteiger partial charge is 0.155 e. The number of nitrogens with two attached hydrogens (primary N) is 1. The van der Waals surface area contributed by atoms with Crippen molar-refractivity contribution in [3.63, 3.8) is 0 Å². The van der Waals surface area contributed by atoms with Crippen LogP contribution in [0.3, 0.4) is 0 Å². The summed E-state index contributed by atoms with van der Waals surface area (Å²) in [4.78, 5) is 0. The van der Waals surface area contributed by atoms with Crippen LogP contribution in [0.5, 0.6) is 0 Å². The topological polar surface area (TPSA) is 88.8 Å². The molecule has 1 aromatic heterocycles. The lowest BCUT2D eigenvalue weighted by atomic mass is 10.0. The number of hydrogen-bond donors (Lipinski definition) is 2. The van der Waals surface area contributed by atoms with Crippen LogP contribution in [0.1, 0.15) is 17.9 Å². The van der Waals surface area contributed by atoms with Crippen LogP contribution in [0.15, 0.2) is 28.7 Å². The van der Waals surface area contributed by atoms with Crippen molar-refractivity contribution in [2.45, 2.75) is 12.2 Å². The highest BCUT2D eigenvalue weighted by atomic mass is 79.9. The lowest BCUT2D eigenvalue weighted by molar-refractivity contribution is 0.591. The molecular weight excluding hydrogens is 330 g/mol. The average Bonchev–Trinajstić information content (AvgIpc) is 2.70. The zero-order valence-electron chi connectivity index (χ0n) is 10.5. The quantitative estimate of drug-likeness (QED) is 0.895. The predicted molar refractivity (Wildman–Crippen MR) is 79.4 cm³/mol. The SMILES string of the molecule is CC(c1[nH]nc(N)c1-c1ccc(Br)cc1)S(C)(=O)=O. The number of anilines is 1. The second-order valence-electron chi connectivity index (χ2n) is 4.38. The van der Waals surface area contributed by atoms with E-state index >= 15 is 0 Å². The van der Waals surface area contributed by atoms with Crippen LogP contribution in [0, 0.1) is 0 Å². The summed E-state index contributed by atoms with van der Waals surface area (Å²) in [6, 6.07) is 7.47. The van der Waals surface area contributed by atoms with Crippen molar-refractivity contribution in [3.8, 4) is 11.1 Å². The lowest BCUT2D eigenvalue weighted by Gasteiger charge is -2.10. The van der Waals surface area contributed by atoms with Crippen molar-refractivity contribution in [2.24, 2.45) is 0 Å². The molecule has 0 aliphatic heterocycles. The first kappa shape index (κ1) is 14.1. The molecule has 102 valence electrons. The normalized spacial score (nSPS) is 13.4. The number of benzene rings is 1. The van der Waals surface area contributed by atoms with E-state index in [-0.39, 0.29) is 0 Å². The number of nitrogens with zero attached hydrogens (tertiary/aromatic N) is 1. The van der Waals surface area contributed by atoms with Crippen molar-refractivity contribution in [1.29, 1.82) is 0 Å². The molecule has 0 saturated carbocycles. The fourth-order valence-corrected chi connectivity index (χ4v) is 2.66. The average molecular weight is 344 g/mol. The number of nitrogens with one attached hydrogen (secondary N) is 1. The van der Waals surface area contributed by atoms with Gasteiger partial charge >= 0.3 is 0 Å². The molecule has 3 N–H and O–H groups in total. The zero-order chi connectivity index (χ0) is 14.2. The molecule has 1 heterocycles. The molecule has 0 saturated heterocycles. The highest BCUT2D eigenvalue weighted by Gasteiger charge is 2.25. The first-order chi connectivity index (χ1) is 8.80. The molecular formula is C12H14BrN3O2S. The van der Waals surface area contributed by atoms with Crippen LogP contribution in [0.4, 0.5) is 5.82 Å². The van der Waals surface area contributed by atoms with Crippen LogP contribution >= 0.6 is 15.9 Å². The van der Waals surface area contributed by atoms with Gasteiger partial charge in [0.2, 0.25) is 0 Å². The standard InChI is InChI=1S/C12H14BrN3O2S/c1-7(19(2,17)18)11-10(12(14)16-15-11)8-3-5-9(13)6-4-8/h3-7H,1-2H3,(H3,14,15,16). The Labute approximate surface area is 120 Å². The molecule has 0 radical (unpaired) electrons. The van der Waals surface area contributed by atoms with Crippen LogP contribution in [-0.4, -0.2) is 24.9 Å². The fraction of sp³-hybridized carbons (Fsp3) is 0.250. The summed E-state index contributed by atoms with van der Waals surface area (Å²) in [6.45, 7) is 1.62. The highest BCUT2D eigenvalue weighted by Crippen LogP contribution is 2.34. The number of H-pyrrole nitrogens is 1. The van der Waals surface area contributed by atoms with Gasteiger partial charge in [-0.05, 0) is 24.6 Å². The van der Waals surface area contributed by atoms with E-state index in [1.807, 2.05) is 24.3 Å². The Bertz CT molecular complexity index is 692. The minimum Gasteiger partial charge on any atom is -0.382 e. The van der Waals surface area contributed by atoms with E-state index in [1.54, 1.807) is 6.92 Å². The highest BCUT2D eigenvalue weighted by molar-refractivity contribution is 9.10. The van der Waals surface area contributed by atoms with Gasteiger partial charge in [0.05, 0.1) is 5.69 Å². The fourth-order valence-electron chi connectivity index (χ4n) is 1.80. The second kappa shape index (κ2) is 4.97. The van der Waals surface area contributed by atoms with Crippen molar-refractivity contribution >= 4 is 31.6 Å². The van der Waals surface area contributed by atoms with Crippen molar-refractivity contribution in [1.82, 2.24) is 10.2 Å². The third kappa shape index (κ3) is 2.82. The third-order valence-corrected chi connectivity index (χ3v) is 5.05. The lowest BCUT2D eigenvalue weighted by Crippen LogP contribution is -2.09. The first-order valence-electron chi connectivity index (χ1n) is 5.59. The maximum absolute atomic E-state index is 11.7. The molecule has 7 heteroatoms. The second-order valence-corrected chi connectivity index (χ2v) is 7.66. The van der Waals surface area contributed by atoms with Crippen LogP contribution in [-0.2, 0) is 9.84 Å². The minimum absolute atomic E-state index is 0.299. The maximum Gasteiger partial charge on any atom is 0.155 e. The molecule has 0 fully saturated rings. The molecule has 2 rings (SSSR count). The van der Waals surface area contributed by atoms with Gasteiger partial charge in [0, 0.05) is 16.3 Å². The maximum atomic E-state index is 11.7.